The first-order valence-corrected chi connectivity index (χ1v) is 9.23. The van der Waals surface area contributed by atoms with Gasteiger partial charge in [-0.1, -0.05) is 6.92 Å². The van der Waals surface area contributed by atoms with Crippen molar-refractivity contribution in [3.8, 4) is 6.01 Å². The smallest absolute Gasteiger partial charge is 0.326 e. The molecule has 1 saturated heterocycles. The van der Waals surface area contributed by atoms with Crippen LogP contribution in [-0.2, 0) is 6.42 Å². The van der Waals surface area contributed by atoms with Crippen LogP contribution in [0.5, 0.6) is 6.01 Å². The molecule has 3 N–H and O–H groups in total. The predicted octanol–water partition coefficient (Wildman–Crippen LogP) is 1.84. The van der Waals surface area contributed by atoms with Crippen LogP contribution in [0.3, 0.4) is 0 Å². The molecule has 2 atom stereocenters. The summed E-state index contributed by atoms with van der Waals surface area (Å²) < 4.78 is 5.83. The van der Waals surface area contributed by atoms with Crippen molar-refractivity contribution in [1.29, 1.82) is 0 Å². The van der Waals surface area contributed by atoms with Gasteiger partial charge in [-0.2, -0.15) is 9.97 Å². The van der Waals surface area contributed by atoms with Crippen LogP contribution in [0.4, 0.5) is 5.82 Å². The van der Waals surface area contributed by atoms with Gasteiger partial charge in [0.1, 0.15) is 11.5 Å². The fraction of sp³-hybridized carbons (Fsp3) is 0.474. The van der Waals surface area contributed by atoms with Crippen molar-refractivity contribution in [2.75, 3.05) is 25.0 Å². The minimum atomic E-state index is 0.265. The lowest BCUT2D eigenvalue weighted by Crippen LogP contribution is -2.29. The minimum absolute atomic E-state index is 0.265. The van der Waals surface area contributed by atoms with Gasteiger partial charge in [-0.15, -0.1) is 0 Å². The van der Waals surface area contributed by atoms with Crippen LogP contribution in [0.15, 0.2) is 21.9 Å². The van der Waals surface area contributed by atoms with E-state index in [1.54, 1.807) is 13.3 Å². The van der Waals surface area contributed by atoms with Gasteiger partial charge >= 0.3 is 6.01 Å². The number of aliphatic imine (C=N–C) groups is 2. The van der Waals surface area contributed by atoms with Crippen molar-refractivity contribution in [3.63, 3.8) is 0 Å². The molecular formula is C19H25N7O. The fourth-order valence-corrected chi connectivity index (χ4v) is 4.03. The first kappa shape index (κ1) is 17.7. The van der Waals surface area contributed by atoms with Gasteiger partial charge in [0.25, 0.3) is 0 Å². The number of ether oxygens (including phenoxy) is 1. The lowest BCUT2D eigenvalue weighted by molar-refractivity contribution is 0.419. The topological polar surface area (TPSA) is 105 Å². The normalized spacial score (nSPS) is 24.7. The van der Waals surface area contributed by atoms with Crippen molar-refractivity contribution >= 4 is 29.8 Å². The predicted molar refractivity (Wildman–Crippen MR) is 108 cm³/mol. The van der Waals surface area contributed by atoms with Gasteiger partial charge in [-0.05, 0) is 37.5 Å². The van der Waals surface area contributed by atoms with Gasteiger partial charge in [-0.3, -0.25) is 9.98 Å². The van der Waals surface area contributed by atoms with E-state index >= 15 is 0 Å². The number of hydrogen-bond donors (Lipinski definition) is 2. The Hall–Kier alpha value is -2.74. The average molecular weight is 367 g/mol. The molecule has 4 rings (SSSR count). The Labute approximate surface area is 158 Å². The van der Waals surface area contributed by atoms with Crippen LogP contribution in [0.25, 0.3) is 11.0 Å². The number of hydrogen-bond acceptors (Lipinski definition) is 7. The zero-order valence-electron chi connectivity index (χ0n) is 15.9. The Bertz CT molecular complexity index is 933. The van der Waals surface area contributed by atoms with Gasteiger partial charge in [0, 0.05) is 31.9 Å². The van der Waals surface area contributed by atoms with E-state index in [1.807, 2.05) is 0 Å². The van der Waals surface area contributed by atoms with Crippen LogP contribution in [0.1, 0.15) is 18.2 Å². The van der Waals surface area contributed by atoms with E-state index in [-0.39, 0.29) is 6.01 Å². The highest BCUT2D eigenvalue weighted by molar-refractivity contribution is 5.92. The number of nitrogens with zero attached hydrogens (tertiary/aromatic N) is 5. The summed E-state index contributed by atoms with van der Waals surface area (Å²) in [7, 11) is 1.66. The molecule has 2 aromatic rings. The van der Waals surface area contributed by atoms with E-state index in [0.717, 1.165) is 42.1 Å². The maximum atomic E-state index is 6.11. The molecule has 1 aliphatic carbocycles. The number of fused-ring (bicyclic) bond motifs is 2. The first-order chi connectivity index (χ1) is 13.1. The summed E-state index contributed by atoms with van der Waals surface area (Å²) >= 11 is 0. The largest absolute Gasteiger partial charge is 0.421 e. The van der Waals surface area contributed by atoms with Crippen LogP contribution in [-0.4, -0.2) is 54.1 Å². The van der Waals surface area contributed by atoms with E-state index in [2.05, 4.69) is 45.4 Å². The highest BCUT2D eigenvalue weighted by Crippen LogP contribution is 2.46. The molecule has 2 aromatic heterocycles. The van der Waals surface area contributed by atoms with E-state index in [1.165, 1.54) is 11.8 Å². The van der Waals surface area contributed by atoms with Crippen molar-refractivity contribution in [2.45, 2.75) is 26.3 Å². The van der Waals surface area contributed by atoms with Gasteiger partial charge in [0.05, 0.1) is 17.8 Å². The molecule has 0 amide bonds. The molecule has 2 fully saturated rings. The number of H-pyrrole nitrogens is 1. The maximum absolute atomic E-state index is 6.11. The number of aryl methyl sites for hydroxylation is 2. The maximum Gasteiger partial charge on any atom is 0.326 e. The zero-order chi connectivity index (χ0) is 19.1. The molecule has 142 valence electrons. The summed E-state index contributed by atoms with van der Waals surface area (Å²) in [5.74, 6) is 2.47. The van der Waals surface area contributed by atoms with Crippen LogP contribution in [0, 0.1) is 18.8 Å². The second-order valence-electron chi connectivity index (χ2n) is 7.15. The van der Waals surface area contributed by atoms with Gasteiger partial charge in [0.15, 0.2) is 5.76 Å². The van der Waals surface area contributed by atoms with Gasteiger partial charge in [-0.25, -0.2) is 0 Å². The standard InChI is InChI=1S/C19H25N7O/c1-5-14-10(2)15-17(23-14)24-19(27-11(6-21-3)7-22-4)25-18(15)26-8-12-13(9-26)16(12)20/h6-7,12-13,16H,3,5,8-9,20H2,1-2,4H3,(H,23,24,25)/b11-6+,22-7?. The molecule has 0 bridgehead atoms. The number of rotatable bonds is 6. The highest BCUT2D eigenvalue weighted by atomic mass is 16.5. The second-order valence-corrected chi connectivity index (χ2v) is 7.15. The first-order valence-electron chi connectivity index (χ1n) is 9.23. The zero-order valence-corrected chi connectivity index (χ0v) is 15.9. The molecule has 1 saturated carbocycles. The molecule has 0 aromatic carbocycles. The van der Waals surface area contributed by atoms with Crippen molar-refractivity contribution in [3.05, 3.63) is 23.2 Å². The minimum Gasteiger partial charge on any atom is -0.421 e. The lowest BCUT2D eigenvalue weighted by atomic mass is 10.1. The number of piperidine rings is 1. The van der Waals surface area contributed by atoms with Crippen molar-refractivity contribution in [2.24, 2.45) is 27.6 Å². The second kappa shape index (κ2) is 6.77. The SMILES string of the molecule is C=N/C=C(\C=NC)Oc1nc(N2CC3C(N)C3C2)c2c(C)c(CC)[nH]c2n1. The summed E-state index contributed by atoms with van der Waals surface area (Å²) in [6.07, 6.45) is 3.95. The molecule has 0 spiro atoms. The Morgan fingerprint density at radius 1 is 1.41 bits per heavy atom. The Balaban J connectivity index is 1.77. The van der Waals surface area contributed by atoms with Crippen molar-refractivity contribution < 1.29 is 4.74 Å². The Morgan fingerprint density at radius 2 is 2.15 bits per heavy atom. The van der Waals surface area contributed by atoms with E-state index in [4.69, 9.17) is 15.5 Å². The monoisotopic (exact) mass is 367 g/mol. The molecule has 0 radical (unpaired) electrons. The molecule has 2 aliphatic rings. The Kier molecular flexibility index (Phi) is 4.43. The molecule has 3 heterocycles. The number of allylic oxidation sites excluding steroid dienone is 1. The molecule has 2 unspecified atom stereocenters. The summed E-state index contributed by atoms with van der Waals surface area (Å²) in [5.41, 5.74) is 9.26. The van der Waals surface area contributed by atoms with Crippen LogP contribution < -0.4 is 15.4 Å². The number of aromatic nitrogens is 3. The third-order valence-corrected chi connectivity index (χ3v) is 5.56. The lowest BCUT2D eigenvalue weighted by Gasteiger charge is -2.21. The average Bonchev–Trinajstić information content (AvgIpc) is 3.01. The van der Waals surface area contributed by atoms with Crippen LogP contribution >= 0.6 is 0 Å². The summed E-state index contributed by atoms with van der Waals surface area (Å²) in [4.78, 5) is 22.8. The number of nitrogens with one attached hydrogen (secondary N) is 1. The Morgan fingerprint density at radius 3 is 2.78 bits per heavy atom. The molecule has 27 heavy (non-hydrogen) atoms. The van der Waals surface area contributed by atoms with Crippen LogP contribution in [0.2, 0.25) is 0 Å². The van der Waals surface area contributed by atoms with Crippen molar-refractivity contribution in [1.82, 2.24) is 15.0 Å². The number of aromatic amines is 1. The quantitative estimate of drug-likeness (QED) is 0.599. The van der Waals surface area contributed by atoms with E-state index in [9.17, 15) is 0 Å². The third kappa shape index (κ3) is 2.99. The molecule has 1 aliphatic heterocycles. The van der Waals surface area contributed by atoms with Gasteiger partial charge in [0.2, 0.25) is 0 Å². The van der Waals surface area contributed by atoms with E-state index < -0.39 is 0 Å². The molecular weight excluding hydrogens is 342 g/mol. The summed E-state index contributed by atoms with van der Waals surface area (Å²) in [6, 6.07) is 0.600. The fourth-order valence-electron chi connectivity index (χ4n) is 4.03. The number of nitrogens with two attached hydrogens (primary N) is 1. The molecule has 8 heteroatoms. The molecule has 8 nitrogen and oxygen atoms in total. The van der Waals surface area contributed by atoms with Gasteiger partial charge < -0.3 is 20.4 Å². The third-order valence-electron chi connectivity index (χ3n) is 5.56. The van der Waals surface area contributed by atoms with E-state index in [0.29, 0.717) is 23.6 Å². The summed E-state index contributed by atoms with van der Waals surface area (Å²) in [6.45, 7) is 9.56. The summed E-state index contributed by atoms with van der Waals surface area (Å²) in [5, 5.41) is 1.06. The number of anilines is 1. The highest BCUT2D eigenvalue weighted by Gasteiger charge is 2.54.